The Kier molecular flexibility index (Phi) is 4.88. The van der Waals surface area contributed by atoms with Crippen molar-refractivity contribution in [2.45, 2.75) is 13.8 Å². The first-order valence-electron chi connectivity index (χ1n) is 6.89. The van der Waals surface area contributed by atoms with E-state index in [4.69, 9.17) is 9.47 Å². The van der Waals surface area contributed by atoms with Gasteiger partial charge in [0.25, 0.3) is 0 Å². The van der Waals surface area contributed by atoms with Crippen LogP contribution in [0.4, 0.5) is 16.2 Å². The molecule has 0 bridgehead atoms. The number of amides is 2. The molecule has 0 aromatic heterocycles. The van der Waals surface area contributed by atoms with Gasteiger partial charge in [0.2, 0.25) is 0 Å². The molecular formula is C17H20N2O3. The second-order valence-corrected chi connectivity index (χ2v) is 5.06. The van der Waals surface area contributed by atoms with E-state index in [1.165, 1.54) is 0 Å². The molecule has 116 valence electrons. The van der Waals surface area contributed by atoms with Crippen molar-refractivity contribution in [2.75, 3.05) is 24.9 Å². The molecule has 0 saturated heterocycles. The van der Waals surface area contributed by atoms with Gasteiger partial charge in [-0.05, 0) is 37.1 Å². The topological polar surface area (TPSA) is 59.6 Å². The lowest BCUT2D eigenvalue weighted by atomic mass is 10.1. The SMILES string of the molecule is COc1cc(NC(=O)Nc2cc(C)cc(C)c2)cc(OC)c1. The molecule has 0 aliphatic rings. The first-order chi connectivity index (χ1) is 10.5. The normalized spacial score (nSPS) is 10.0. The summed E-state index contributed by atoms with van der Waals surface area (Å²) in [5.74, 6) is 1.22. The first kappa shape index (κ1) is 15.7. The Morgan fingerprint density at radius 2 is 1.23 bits per heavy atom. The van der Waals surface area contributed by atoms with Crippen LogP contribution in [0.5, 0.6) is 11.5 Å². The minimum atomic E-state index is -0.319. The van der Waals surface area contributed by atoms with Crippen LogP contribution in [-0.2, 0) is 0 Å². The molecule has 0 aliphatic heterocycles. The van der Waals surface area contributed by atoms with Crippen molar-refractivity contribution in [3.05, 3.63) is 47.5 Å². The van der Waals surface area contributed by atoms with E-state index in [-0.39, 0.29) is 6.03 Å². The van der Waals surface area contributed by atoms with Gasteiger partial charge < -0.3 is 20.1 Å². The Balaban J connectivity index is 2.11. The number of urea groups is 1. The van der Waals surface area contributed by atoms with Gasteiger partial charge in [0.05, 0.1) is 14.2 Å². The van der Waals surface area contributed by atoms with Crippen LogP contribution >= 0.6 is 0 Å². The summed E-state index contributed by atoms with van der Waals surface area (Å²) in [6, 6.07) is 10.8. The zero-order valence-corrected chi connectivity index (χ0v) is 13.2. The number of anilines is 2. The van der Waals surface area contributed by atoms with Crippen LogP contribution in [0.15, 0.2) is 36.4 Å². The van der Waals surface area contributed by atoms with Crippen LogP contribution in [0, 0.1) is 13.8 Å². The van der Waals surface area contributed by atoms with Crippen LogP contribution < -0.4 is 20.1 Å². The van der Waals surface area contributed by atoms with E-state index >= 15 is 0 Å². The molecule has 5 nitrogen and oxygen atoms in total. The second-order valence-electron chi connectivity index (χ2n) is 5.06. The molecule has 0 fully saturated rings. The van der Waals surface area contributed by atoms with Crippen molar-refractivity contribution in [1.29, 1.82) is 0 Å². The number of hydrogen-bond donors (Lipinski definition) is 2. The number of ether oxygens (including phenoxy) is 2. The number of carbonyl (C=O) groups is 1. The molecule has 0 aliphatic carbocycles. The van der Waals surface area contributed by atoms with Gasteiger partial charge in [-0.3, -0.25) is 0 Å². The van der Waals surface area contributed by atoms with E-state index in [9.17, 15) is 4.79 Å². The molecule has 0 unspecified atom stereocenters. The van der Waals surface area contributed by atoms with E-state index < -0.39 is 0 Å². The largest absolute Gasteiger partial charge is 0.497 e. The van der Waals surface area contributed by atoms with Crippen molar-refractivity contribution in [3.8, 4) is 11.5 Å². The maximum absolute atomic E-state index is 12.1. The lowest BCUT2D eigenvalue weighted by Crippen LogP contribution is -2.19. The third-order valence-corrected chi connectivity index (χ3v) is 3.09. The summed E-state index contributed by atoms with van der Waals surface area (Å²) < 4.78 is 10.4. The van der Waals surface area contributed by atoms with Gasteiger partial charge in [-0.2, -0.15) is 0 Å². The Labute approximate surface area is 130 Å². The Morgan fingerprint density at radius 3 is 1.68 bits per heavy atom. The minimum absolute atomic E-state index is 0.319. The molecular weight excluding hydrogens is 280 g/mol. The predicted octanol–water partition coefficient (Wildman–Crippen LogP) is 3.96. The molecule has 2 aromatic rings. The molecule has 2 amide bonds. The van der Waals surface area contributed by atoms with E-state index in [1.54, 1.807) is 32.4 Å². The van der Waals surface area contributed by atoms with Crippen LogP contribution in [-0.4, -0.2) is 20.3 Å². The maximum atomic E-state index is 12.1. The predicted molar refractivity (Wildman–Crippen MR) is 88.1 cm³/mol. The van der Waals surface area contributed by atoms with Crippen LogP contribution in [0.2, 0.25) is 0 Å². The van der Waals surface area contributed by atoms with Gasteiger partial charge in [0.1, 0.15) is 11.5 Å². The van der Waals surface area contributed by atoms with Crippen LogP contribution in [0.1, 0.15) is 11.1 Å². The number of rotatable bonds is 4. The standard InChI is InChI=1S/C17H20N2O3/c1-11-5-12(2)7-13(6-11)18-17(20)19-14-8-15(21-3)10-16(9-14)22-4/h5-10H,1-4H3,(H2,18,19,20). The molecule has 2 aromatic carbocycles. The van der Waals surface area contributed by atoms with E-state index in [1.807, 2.05) is 26.0 Å². The quantitative estimate of drug-likeness (QED) is 0.898. The summed E-state index contributed by atoms with van der Waals surface area (Å²) in [6.07, 6.45) is 0. The number of nitrogens with one attached hydrogen (secondary N) is 2. The zero-order chi connectivity index (χ0) is 16.1. The number of aryl methyl sites for hydroxylation is 2. The van der Waals surface area contributed by atoms with Crippen LogP contribution in [0.3, 0.4) is 0 Å². The van der Waals surface area contributed by atoms with E-state index in [2.05, 4.69) is 16.7 Å². The van der Waals surface area contributed by atoms with Crippen molar-refractivity contribution in [1.82, 2.24) is 0 Å². The summed E-state index contributed by atoms with van der Waals surface area (Å²) in [4.78, 5) is 12.1. The highest BCUT2D eigenvalue weighted by Crippen LogP contribution is 2.26. The summed E-state index contributed by atoms with van der Waals surface area (Å²) in [6.45, 7) is 3.98. The maximum Gasteiger partial charge on any atom is 0.323 e. The lowest BCUT2D eigenvalue weighted by Gasteiger charge is -2.11. The Morgan fingerprint density at radius 1 is 0.773 bits per heavy atom. The molecule has 2 rings (SSSR count). The van der Waals surface area contributed by atoms with Crippen molar-refractivity contribution >= 4 is 17.4 Å². The number of benzene rings is 2. The van der Waals surface area contributed by atoms with Crippen molar-refractivity contribution in [2.24, 2.45) is 0 Å². The number of methoxy groups -OCH3 is 2. The zero-order valence-electron chi connectivity index (χ0n) is 13.2. The second kappa shape index (κ2) is 6.85. The summed E-state index contributed by atoms with van der Waals surface area (Å²) in [5, 5.41) is 5.58. The number of carbonyl (C=O) groups excluding carboxylic acids is 1. The molecule has 0 radical (unpaired) electrons. The molecule has 5 heteroatoms. The van der Waals surface area contributed by atoms with Gasteiger partial charge in [0, 0.05) is 29.6 Å². The monoisotopic (exact) mass is 300 g/mol. The summed E-state index contributed by atoms with van der Waals surface area (Å²) in [5.41, 5.74) is 3.54. The lowest BCUT2D eigenvalue weighted by molar-refractivity contribution is 0.262. The van der Waals surface area contributed by atoms with Crippen molar-refractivity contribution < 1.29 is 14.3 Å². The Hall–Kier alpha value is -2.69. The van der Waals surface area contributed by atoms with E-state index in [0.29, 0.717) is 17.2 Å². The van der Waals surface area contributed by atoms with Gasteiger partial charge in [-0.1, -0.05) is 6.07 Å². The average Bonchev–Trinajstić information content (AvgIpc) is 2.45. The third-order valence-electron chi connectivity index (χ3n) is 3.09. The molecule has 0 spiro atoms. The summed E-state index contributed by atoms with van der Waals surface area (Å²) in [7, 11) is 3.13. The number of hydrogen-bond acceptors (Lipinski definition) is 3. The fourth-order valence-corrected chi connectivity index (χ4v) is 2.22. The highest BCUT2D eigenvalue weighted by atomic mass is 16.5. The van der Waals surface area contributed by atoms with Gasteiger partial charge in [-0.25, -0.2) is 4.79 Å². The fourth-order valence-electron chi connectivity index (χ4n) is 2.22. The van der Waals surface area contributed by atoms with Gasteiger partial charge in [0.15, 0.2) is 0 Å². The molecule has 2 N–H and O–H groups in total. The molecule has 0 saturated carbocycles. The molecule has 22 heavy (non-hydrogen) atoms. The molecule has 0 atom stereocenters. The third kappa shape index (κ3) is 4.15. The minimum Gasteiger partial charge on any atom is -0.497 e. The van der Waals surface area contributed by atoms with Crippen LogP contribution in [0.25, 0.3) is 0 Å². The molecule has 0 heterocycles. The average molecular weight is 300 g/mol. The smallest absolute Gasteiger partial charge is 0.323 e. The highest BCUT2D eigenvalue weighted by molar-refractivity contribution is 6.00. The van der Waals surface area contributed by atoms with Crippen molar-refractivity contribution in [3.63, 3.8) is 0 Å². The highest BCUT2D eigenvalue weighted by Gasteiger charge is 2.07. The first-order valence-corrected chi connectivity index (χ1v) is 6.89. The fraction of sp³-hybridized carbons (Fsp3) is 0.235. The Bertz CT molecular complexity index is 641. The summed E-state index contributed by atoms with van der Waals surface area (Å²) >= 11 is 0. The van der Waals surface area contributed by atoms with E-state index in [0.717, 1.165) is 16.8 Å². The van der Waals surface area contributed by atoms with Gasteiger partial charge in [-0.15, -0.1) is 0 Å². The van der Waals surface area contributed by atoms with Gasteiger partial charge >= 0.3 is 6.03 Å².